The molecule has 5 nitrogen and oxygen atoms in total. The predicted molar refractivity (Wildman–Crippen MR) is 80.8 cm³/mol. The van der Waals surface area contributed by atoms with E-state index >= 15 is 0 Å². The maximum atomic E-state index is 12.3. The van der Waals surface area contributed by atoms with Crippen LogP contribution in [0.2, 0.25) is 0 Å². The standard InChI is InChI=1S/C15H14N2O3S/c1-9(13-3-2-6-21-13)16-15(19)10-4-5-11-12(7-10)20-8-14(18)17-11/h2-7,9H,8H2,1H3,(H,16,19)(H,17,18)/t9-/m1/s1. The molecule has 6 heteroatoms. The summed E-state index contributed by atoms with van der Waals surface area (Å²) in [5, 5.41) is 7.62. The number of benzene rings is 1. The SMILES string of the molecule is C[C@@H](NC(=O)c1ccc2c(c1)OCC(=O)N2)c1cccs1. The number of rotatable bonds is 3. The van der Waals surface area contributed by atoms with Crippen LogP contribution < -0.4 is 15.4 Å². The van der Waals surface area contributed by atoms with Crippen molar-refractivity contribution in [1.29, 1.82) is 0 Å². The molecule has 1 atom stereocenters. The van der Waals surface area contributed by atoms with E-state index in [2.05, 4.69) is 10.6 Å². The van der Waals surface area contributed by atoms with Crippen LogP contribution in [-0.4, -0.2) is 18.4 Å². The predicted octanol–water partition coefficient (Wildman–Crippen LogP) is 2.57. The summed E-state index contributed by atoms with van der Waals surface area (Å²) >= 11 is 1.60. The van der Waals surface area contributed by atoms with Gasteiger partial charge in [-0.1, -0.05) is 6.07 Å². The van der Waals surface area contributed by atoms with E-state index < -0.39 is 0 Å². The molecule has 108 valence electrons. The minimum Gasteiger partial charge on any atom is -0.482 e. The van der Waals surface area contributed by atoms with Crippen molar-refractivity contribution in [3.8, 4) is 5.75 Å². The summed E-state index contributed by atoms with van der Waals surface area (Å²) < 4.78 is 5.31. The topological polar surface area (TPSA) is 67.4 Å². The first-order valence-corrected chi connectivity index (χ1v) is 7.42. The lowest BCUT2D eigenvalue weighted by Gasteiger charge is -2.19. The van der Waals surface area contributed by atoms with Crippen molar-refractivity contribution < 1.29 is 14.3 Å². The molecule has 2 aromatic rings. The summed E-state index contributed by atoms with van der Waals surface area (Å²) in [6.45, 7) is 1.92. The fourth-order valence-electron chi connectivity index (χ4n) is 2.10. The van der Waals surface area contributed by atoms with Gasteiger partial charge in [0.15, 0.2) is 6.61 Å². The monoisotopic (exact) mass is 302 g/mol. The van der Waals surface area contributed by atoms with Crippen molar-refractivity contribution in [2.45, 2.75) is 13.0 Å². The van der Waals surface area contributed by atoms with E-state index in [1.807, 2.05) is 24.4 Å². The van der Waals surface area contributed by atoms with Crippen LogP contribution in [0.1, 0.15) is 28.2 Å². The maximum absolute atomic E-state index is 12.3. The molecule has 1 aliphatic heterocycles. The number of amides is 2. The van der Waals surface area contributed by atoms with Crippen LogP contribution >= 0.6 is 11.3 Å². The van der Waals surface area contributed by atoms with Crippen LogP contribution in [0.5, 0.6) is 5.75 Å². The van der Waals surface area contributed by atoms with Crippen LogP contribution in [-0.2, 0) is 4.79 Å². The highest BCUT2D eigenvalue weighted by Crippen LogP contribution is 2.28. The number of carbonyl (C=O) groups excluding carboxylic acids is 2. The van der Waals surface area contributed by atoms with E-state index in [9.17, 15) is 9.59 Å². The van der Waals surface area contributed by atoms with E-state index in [0.29, 0.717) is 17.0 Å². The van der Waals surface area contributed by atoms with Gasteiger partial charge in [-0.05, 0) is 36.6 Å². The van der Waals surface area contributed by atoms with E-state index in [1.165, 1.54) is 0 Å². The molecule has 0 saturated carbocycles. The molecule has 0 unspecified atom stereocenters. The molecule has 0 saturated heterocycles. The van der Waals surface area contributed by atoms with Crippen molar-refractivity contribution in [1.82, 2.24) is 5.32 Å². The molecule has 0 spiro atoms. The Hall–Kier alpha value is -2.34. The summed E-state index contributed by atoms with van der Waals surface area (Å²) in [6, 6.07) is 8.89. The van der Waals surface area contributed by atoms with Crippen molar-refractivity contribution in [2.75, 3.05) is 11.9 Å². The van der Waals surface area contributed by atoms with Crippen molar-refractivity contribution >= 4 is 28.8 Å². The van der Waals surface area contributed by atoms with Crippen LogP contribution in [0.3, 0.4) is 0 Å². The molecule has 1 aromatic heterocycles. The summed E-state index contributed by atoms with van der Waals surface area (Å²) in [5.74, 6) is 0.163. The van der Waals surface area contributed by atoms with Gasteiger partial charge in [0.2, 0.25) is 0 Å². The normalized spacial score (nSPS) is 14.6. The highest BCUT2D eigenvalue weighted by atomic mass is 32.1. The fourth-order valence-corrected chi connectivity index (χ4v) is 2.84. The lowest BCUT2D eigenvalue weighted by atomic mass is 10.1. The zero-order valence-electron chi connectivity index (χ0n) is 11.4. The Morgan fingerprint density at radius 3 is 3.05 bits per heavy atom. The molecule has 3 rings (SSSR count). The Balaban J connectivity index is 1.75. The molecule has 2 amide bonds. The van der Waals surface area contributed by atoms with Gasteiger partial charge in [0, 0.05) is 10.4 Å². The first-order chi connectivity index (χ1) is 10.1. The molecule has 2 N–H and O–H groups in total. The number of anilines is 1. The molecule has 0 aliphatic carbocycles. The molecular weight excluding hydrogens is 288 g/mol. The van der Waals surface area contributed by atoms with Crippen LogP contribution in [0.25, 0.3) is 0 Å². The average molecular weight is 302 g/mol. The summed E-state index contributed by atoms with van der Waals surface area (Å²) in [4.78, 5) is 24.6. The third-order valence-electron chi connectivity index (χ3n) is 3.19. The lowest BCUT2D eigenvalue weighted by molar-refractivity contribution is -0.118. The third kappa shape index (κ3) is 2.90. The second kappa shape index (κ2) is 5.57. The largest absolute Gasteiger partial charge is 0.482 e. The highest BCUT2D eigenvalue weighted by Gasteiger charge is 2.18. The highest BCUT2D eigenvalue weighted by molar-refractivity contribution is 7.10. The Labute approximate surface area is 125 Å². The number of fused-ring (bicyclic) bond motifs is 1. The Bertz CT molecular complexity index is 682. The van der Waals surface area contributed by atoms with E-state index in [1.54, 1.807) is 29.5 Å². The zero-order chi connectivity index (χ0) is 14.8. The minimum absolute atomic E-state index is 0.0241. The molecule has 21 heavy (non-hydrogen) atoms. The molecule has 0 bridgehead atoms. The minimum atomic E-state index is -0.189. The van der Waals surface area contributed by atoms with Crippen LogP contribution in [0, 0.1) is 0 Å². The molecule has 0 fully saturated rings. The van der Waals surface area contributed by atoms with Crippen LogP contribution in [0.4, 0.5) is 5.69 Å². The van der Waals surface area contributed by atoms with E-state index in [4.69, 9.17) is 4.74 Å². The van der Waals surface area contributed by atoms with Gasteiger partial charge >= 0.3 is 0 Å². The second-order valence-electron chi connectivity index (χ2n) is 4.76. The summed E-state index contributed by atoms with van der Waals surface area (Å²) in [6.07, 6.45) is 0. The molecule has 1 aliphatic rings. The smallest absolute Gasteiger partial charge is 0.262 e. The third-order valence-corrected chi connectivity index (χ3v) is 4.25. The van der Waals surface area contributed by atoms with Crippen molar-refractivity contribution in [2.24, 2.45) is 0 Å². The summed E-state index contributed by atoms with van der Waals surface area (Å²) in [5.41, 5.74) is 1.10. The molecule has 2 heterocycles. The van der Waals surface area contributed by atoms with Gasteiger partial charge in [-0.3, -0.25) is 9.59 Å². The Morgan fingerprint density at radius 1 is 1.43 bits per heavy atom. The fraction of sp³-hybridized carbons (Fsp3) is 0.200. The first-order valence-electron chi connectivity index (χ1n) is 6.54. The Kier molecular flexibility index (Phi) is 3.62. The lowest BCUT2D eigenvalue weighted by Crippen LogP contribution is -2.28. The van der Waals surface area contributed by atoms with Crippen LogP contribution in [0.15, 0.2) is 35.7 Å². The van der Waals surface area contributed by atoms with Gasteiger partial charge in [0.25, 0.3) is 11.8 Å². The van der Waals surface area contributed by atoms with Crippen molar-refractivity contribution in [3.63, 3.8) is 0 Å². The molecular formula is C15H14N2O3S. The number of nitrogens with one attached hydrogen (secondary N) is 2. The number of hydrogen-bond donors (Lipinski definition) is 2. The first kappa shape index (κ1) is 13.6. The van der Waals surface area contributed by atoms with E-state index in [-0.39, 0.29) is 24.5 Å². The van der Waals surface area contributed by atoms with E-state index in [0.717, 1.165) is 4.88 Å². The molecule has 1 aromatic carbocycles. The Morgan fingerprint density at radius 2 is 2.29 bits per heavy atom. The number of carbonyl (C=O) groups is 2. The van der Waals surface area contributed by atoms with Gasteiger partial charge in [-0.2, -0.15) is 0 Å². The summed E-state index contributed by atoms with van der Waals surface area (Å²) in [7, 11) is 0. The van der Waals surface area contributed by atoms with Crippen molar-refractivity contribution in [3.05, 3.63) is 46.2 Å². The number of thiophene rings is 1. The second-order valence-corrected chi connectivity index (χ2v) is 5.74. The zero-order valence-corrected chi connectivity index (χ0v) is 12.2. The van der Waals surface area contributed by atoms with Gasteiger partial charge < -0.3 is 15.4 Å². The average Bonchev–Trinajstić information content (AvgIpc) is 3.01. The maximum Gasteiger partial charge on any atom is 0.262 e. The quantitative estimate of drug-likeness (QED) is 0.915. The van der Waals surface area contributed by atoms with Gasteiger partial charge in [-0.15, -0.1) is 11.3 Å². The number of ether oxygens (including phenoxy) is 1. The van der Waals surface area contributed by atoms with Gasteiger partial charge in [-0.25, -0.2) is 0 Å². The van der Waals surface area contributed by atoms with Gasteiger partial charge in [0.05, 0.1) is 11.7 Å². The number of hydrogen-bond acceptors (Lipinski definition) is 4. The van der Waals surface area contributed by atoms with Gasteiger partial charge in [0.1, 0.15) is 5.75 Å². The molecule has 0 radical (unpaired) electrons.